The first-order chi connectivity index (χ1) is 13.4. The summed E-state index contributed by atoms with van der Waals surface area (Å²) in [7, 11) is 6.91. The summed E-state index contributed by atoms with van der Waals surface area (Å²) in [5.41, 5.74) is 4.65. The van der Waals surface area contributed by atoms with E-state index in [1.54, 1.807) is 18.2 Å². The van der Waals surface area contributed by atoms with Crippen molar-refractivity contribution in [1.29, 1.82) is 0 Å². The summed E-state index contributed by atoms with van der Waals surface area (Å²) < 4.78 is 10.3. The molecule has 0 saturated heterocycles. The number of nitrogens with zero attached hydrogens (tertiary/aromatic N) is 2. The van der Waals surface area contributed by atoms with E-state index in [0.29, 0.717) is 17.1 Å². The van der Waals surface area contributed by atoms with Crippen LogP contribution in [0.2, 0.25) is 0 Å². The van der Waals surface area contributed by atoms with E-state index in [2.05, 4.69) is 15.8 Å². The van der Waals surface area contributed by atoms with Crippen molar-refractivity contribution in [3.63, 3.8) is 0 Å². The molecule has 0 unspecified atom stereocenters. The SMILES string of the molecule is COc1ccc(C(=O)NCC(=O)N/N=C/c2ccc(N(C)C)cc2)cc1OC. The number of nitrogens with one attached hydrogen (secondary N) is 2. The summed E-state index contributed by atoms with van der Waals surface area (Å²) in [5, 5.41) is 6.42. The topological polar surface area (TPSA) is 92.3 Å². The third-order valence-electron chi connectivity index (χ3n) is 3.87. The summed E-state index contributed by atoms with van der Waals surface area (Å²) in [6, 6.07) is 12.4. The Morgan fingerprint density at radius 2 is 1.71 bits per heavy atom. The van der Waals surface area contributed by atoms with E-state index in [4.69, 9.17) is 9.47 Å². The number of carbonyl (C=O) groups is 2. The highest BCUT2D eigenvalue weighted by atomic mass is 16.5. The van der Waals surface area contributed by atoms with Crippen LogP contribution in [0.4, 0.5) is 5.69 Å². The highest BCUT2D eigenvalue weighted by Crippen LogP contribution is 2.27. The van der Waals surface area contributed by atoms with Crippen molar-refractivity contribution < 1.29 is 19.1 Å². The maximum Gasteiger partial charge on any atom is 0.259 e. The highest BCUT2D eigenvalue weighted by Gasteiger charge is 2.11. The lowest BCUT2D eigenvalue weighted by molar-refractivity contribution is -0.120. The van der Waals surface area contributed by atoms with Crippen LogP contribution in [0.1, 0.15) is 15.9 Å². The average molecular weight is 384 g/mol. The molecule has 0 saturated carbocycles. The van der Waals surface area contributed by atoms with Gasteiger partial charge in [0.05, 0.1) is 27.0 Å². The van der Waals surface area contributed by atoms with Crippen LogP contribution in [-0.4, -0.2) is 52.9 Å². The lowest BCUT2D eigenvalue weighted by Gasteiger charge is -2.11. The minimum atomic E-state index is -0.435. The Hall–Kier alpha value is -3.55. The molecule has 2 amide bonds. The zero-order valence-electron chi connectivity index (χ0n) is 16.4. The van der Waals surface area contributed by atoms with E-state index in [0.717, 1.165) is 11.3 Å². The molecule has 2 N–H and O–H groups in total. The van der Waals surface area contributed by atoms with Gasteiger partial charge in [-0.1, -0.05) is 12.1 Å². The summed E-state index contributed by atoms with van der Waals surface area (Å²) in [5.74, 6) is 0.114. The van der Waals surface area contributed by atoms with E-state index in [-0.39, 0.29) is 6.54 Å². The maximum atomic E-state index is 12.2. The van der Waals surface area contributed by atoms with Crippen LogP contribution in [0.5, 0.6) is 11.5 Å². The van der Waals surface area contributed by atoms with E-state index in [1.807, 2.05) is 43.3 Å². The molecule has 0 aliphatic rings. The van der Waals surface area contributed by atoms with Crippen LogP contribution < -0.4 is 25.1 Å². The van der Waals surface area contributed by atoms with Crippen LogP contribution >= 0.6 is 0 Å². The maximum absolute atomic E-state index is 12.2. The summed E-state index contributed by atoms with van der Waals surface area (Å²) in [6.45, 7) is -0.204. The summed E-state index contributed by atoms with van der Waals surface area (Å²) >= 11 is 0. The Morgan fingerprint density at radius 1 is 1.04 bits per heavy atom. The molecule has 0 fully saturated rings. The molecular formula is C20H24N4O4. The van der Waals surface area contributed by atoms with Crippen molar-refractivity contribution in [2.75, 3.05) is 39.8 Å². The fourth-order valence-electron chi connectivity index (χ4n) is 2.32. The summed E-state index contributed by atoms with van der Waals surface area (Å²) in [4.78, 5) is 26.0. The Morgan fingerprint density at radius 3 is 2.32 bits per heavy atom. The molecule has 0 aromatic heterocycles. The van der Waals surface area contributed by atoms with Crippen LogP contribution in [0.3, 0.4) is 0 Å². The lowest BCUT2D eigenvalue weighted by atomic mass is 10.2. The second-order valence-corrected chi connectivity index (χ2v) is 6.03. The zero-order valence-corrected chi connectivity index (χ0v) is 16.4. The largest absolute Gasteiger partial charge is 0.493 e. The number of hydrazone groups is 1. The Bertz CT molecular complexity index is 848. The normalized spacial score (nSPS) is 10.4. The monoisotopic (exact) mass is 384 g/mol. The van der Waals surface area contributed by atoms with Crippen LogP contribution in [0, 0.1) is 0 Å². The van der Waals surface area contributed by atoms with Crippen molar-refractivity contribution in [2.45, 2.75) is 0 Å². The third kappa shape index (κ3) is 5.73. The van der Waals surface area contributed by atoms with Gasteiger partial charge in [-0.15, -0.1) is 0 Å². The lowest BCUT2D eigenvalue weighted by Crippen LogP contribution is -2.34. The highest BCUT2D eigenvalue weighted by molar-refractivity contribution is 5.97. The van der Waals surface area contributed by atoms with E-state index in [9.17, 15) is 9.59 Å². The number of hydrogen-bond donors (Lipinski definition) is 2. The first-order valence-electron chi connectivity index (χ1n) is 8.54. The number of amides is 2. The van der Waals surface area contributed by atoms with Crippen molar-refractivity contribution in [3.05, 3.63) is 53.6 Å². The van der Waals surface area contributed by atoms with Crippen molar-refractivity contribution in [2.24, 2.45) is 5.10 Å². The molecule has 8 heteroatoms. The smallest absolute Gasteiger partial charge is 0.259 e. The molecule has 0 radical (unpaired) electrons. The van der Waals surface area contributed by atoms with Gasteiger partial charge < -0.3 is 19.7 Å². The van der Waals surface area contributed by atoms with E-state index in [1.165, 1.54) is 20.4 Å². The molecule has 28 heavy (non-hydrogen) atoms. The molecule has 0 heterocycles. The van der Waals surface area contributed by atoms with Gasteiger partial charge in [0.15, 0.2) is 11.5 Å². The zero-order chi connectivity index (χ0) is 20.5. The minimum Gasteiger partial charge on any atom is -0.493 e. The molecular weight excluding hydrogens is 360 g/mol. The van der Waals surface area contributed by atoms with Crippen molar-refractivity contribution >= 4 is 23.7 Å². The predicted molar refractivity (Wildman–Crippen MR) is 108 cm³/mol. The fourth-order valence-corrected chi connectivity index (χ4v) is 2.32. The van der Waals surface area contributed by atoms with Gasteiger partial charge in [-0.05, 0) is 35.9 Å². The number of rotatable bonds is 8. The molecule has 0 aliphatic heterocycles. The Balaban J connectivity index is 1.84. The number of benzene rings is 2. The quantitative estimate of drug-likeness (QED) is 0.533. The average Bonchev–Trinajstić information content (AvgIpc) is 2.71. The second kappa shape index (κ2) is 9.96. The standard InChI is InChI=1S/C20H24N4O4/c1-24(2)16-8-5-14(6-9-16)12-22-23-19(25)13-21-20(26)15-7-10-17(27-3)18(11-15)28-4/h5-12H,13H2,1-4H3,(H,21,26)(H,23,25)/b22-12+. The van der Waals surface area contributed by atoms with Crippen molar-refractivity contribution in [3.8, 4) is 11.5 Å². The molecule has 0 aliphatic carbocycles. The summed E-state index contributed by atoms with van der Waals surface area (Å²) in [6.07, 6.45) is 1.54. The molecule has 148 valence electrons. The molecule has 0 atom stereocenters. The predicted octanol–water partition coefficient (Wildman–Crippen LogP) is 1.65. The van der Waals surface area contributed by atoms with Crippen LogP contribution in [0.25, 0.3) is 0 Å². The number of hydrogen-bond acceptors (Lipinski definition) is 6. The van der Waals surface area contributed by atoms with Gasteiger partial charge in [0, 0.05) is 25.3 Å². The van der Waals surface area contributed by atoms with Gasteiger partial charge in [-0.25, -0.2) is 5.43 Å². The van der Waals surface area contributed by atoms with Gasteiger partial charge >= 0.3 is 0 Å². The fraction of sp³-hybridized carbons (Fsp3) is 0.250. The van der Waals surface area contributed by atoms with E-state index >= 15 is 0 Å². The second-order valence-electron chi connectivity index (χ2n) is 6.03. The Kier molecular flexibility index (Phi) is 7.38. The molecule has 8 nitrogen and oxygen atoms in total. The molecule has 0 bridgehead atoms. The van der Waals surface area contributed by atoms with Crippen LogP contribution in [-0.2, 0) is 4.79 Å². The van der Waals surface area contributed by atoms with E-state index < -0.39 is 11.8 Å². The van der Waals surface area contributed by atoms with Gasteiger partial charge in [-0.2, -0.15) is 5.10 Å². The molecule has 0 spiro atoms. The first-order valence-corrected chi connectivity index (χ1v) is 8.54. The Labute approximate surface area is 164 Å². The number of anilines is 1. The van der Waals surface area contributed by atoms with Crippen molar-refractivity contribution in [1.82, 2.24) is 10.7 Å². The minimum absolute atomic E-state index is 0.204. The molecule has 2 aromatic carbocycles. The van der Waals surface area contributed by atoms with Gasteiger partial charge in [0.25, 0.3) is 11.8 Å². The van der Waals surface area contributed by atoms with Gasteiger partial charge in [0.2, 0.25) is 0 Å². The number of methoxy groups -OCH3 is 2. The third-order valence-corrected chi connectivity index (χ3v) is 3.87. The number of ether oxygens (including phenoxy) is 2. The van der Waals surface area contributed by atoms with Gasteiger partial charge in [-0.3, -0.25) is 9.59 Å². The molecule has 2 rings (SSSR count). The van der Waals surface area contributed by atoms with Gasteiger partial charge in [0.1, 0.15) is 0 Å². The first kappa shape index (κ1) is 20.8. The number of carbonyl (C=O) groups excluding carboxylic acids is 2. The van der Waals surface area contributed by atoms with Crippen LogP contribution in [0.15, 0.2) is 47.6 Å². The molecule has 2 aromatic rings.